The van der Waals surface area contributed by atoms with E-state index in [-0.39, 0.29) is 6.04 Å². The summed E-state index contributed by atoms with van der Waals surface area (Å²) < 4.78 is 0. The van der Waals surface area contributed by atoms with Crippen LogP contribution in [0.25, 0.3) is 0 Å². The van der Waals surface area contributed by atoms with E-state index >= 15 is 0 Å². The molecule has 0 aliphatic rings. The molecule has 0 radical (unpaired) electrons. The van der Waals surface area contributed by atoms with E-state index in [1.807, 2.05) is 78.9 Å². The molecule has 0 saturated carbocycles. The van der Waals surface area contributed by atoms with Crippen molar-refractivity contribution in [1.82, 2.24) is 10.3 Å². The molecule has 2 atom stereocenters. The summed E-state index contributed by atoms with van der Waals surface area (Å²) in [7, 11) is 0. The predicted molar refractivity (Wildman–Crippen MR) is 94.0 cm³/mol. The van der Waals surface area contributed by atoms with Gasteiger partial charge in [0.25, 0.3) is 0 Å². The summed E-state index contributed by atoms with van der Waals surface area (Å²) in [6.07, 6.45) is 1.74. The fraction of sp³-hybridized carbons (Fsp3) is 0.100. The fourth-order valence-corrected chi connectivity index (χ4v) is 2.70. The minimum Gasteiger partial charge on any atom is -0.368 e. The van der Waals surface area contributed by atoms with Gasteiger partial charge in [0.2, 0.25) is 5.91 Å². The van der Waals surface area contributed by atoms with E-state index in [9.17, 15) is 4.79 Å². The molecule has 1 amide bonds. The molecular formula is C20H19N3O. The highest BCUT2D eigenvalue weighted by molar-refractivity contribution is 5.81. The number of hydrogen-bond donors (Lipinski definition) is 2. The van der Waals surface area contributed by atoms with E-state index in [1.165, 1.54) is 0 Å². The maximum Gasteiger partial charge on any atom is 0.239 e. The van der Waals surface area contributed by atoms with Crippen molar-refractivity contribution in [3.63, 3.8) is 0 Å². The third-order valence-corrected chi connectivity index (χ3v) is 3.87. The Morgan fingerprint density at radius 2 is 1.42 bits per heavy atom. The largest absolute Gasteiger partial charge is 0.368 e. The summed E-state index contributed by atoms with van der Waals surface area (Å²) in [5.74, 6) is -0.418. The normalized spacial score (nSPS) is 13.2. The summed E-state index contributed by atoms with van der Waals surface area (Å²) in [5, 5.41) is 3.37. The van der Waals surface area contributed by atoms with Crippen LogP contribution in [0.2, 0.25) is 0 Å². The molecule has 0 spiro atoms. The zero-order valence-electron chi connectivity index (χ0n) is 13.2. The predicted octanol–water partition coefficient (Wildman–Crippen LogP) is 2.99. The molecule has 1 aromatic heterocycles. The molecule has 24 heavy (non-hydrogen) atoms. The van der Waals surface area contributed by atoms with Crippen molar-refractivity contribution in [3.8, 4) is 0 Å². The Morgan fingerprint density at radius 3 is 1.96 bits per heavy atom. The van der Waals surface area contributed by atoms with Crippen molar-refractivity contribution < 1.29 is 4.79 Å². The molecule has 4 nitrogen and oxygen atoms in total. The van der Waals surface area contributed by atoms with Gasteiger partial charge in [-0.15, -0.1) is 0 Å². The van der Waals surface area contributed by atoms with E-state index in [0.717, 1.165) is 16.8 Å². The zero-order valence-corrected chi connectivity index (χ0v) is 13.2. The Kier molecular flexibility index (Phi) is 4.99. The van der Waals surface area contributed by atoms with Gasteiger partial charge in [-0.05, 0) is 23.3 Å². The average molecular weight is 317 g/mol. The van der Waals surface area contributed by atoms with E-state index in [0.29, 0.717) is 0 Å². The zero-order chi connectivity index (χ0) is 16.8. The van der Waals surface area contributed by atoms with Gasteiger partial charge >= 0.3 is 0 Å². The molecule has 0 saturated heterocycles. The molecule has 0 bridgehead atoms. The maximum absolute atomic E-state index is 12.0. The van der Waals surface area contributed by atoms with Crippen LogP contribution in [0.5, 0.6) is 0 Å². The summed E-state index contributed by atoms with van der Waals surface area (Å²) in [4.78, 5) is 16.5. The summed E-state index contributed by atoms with van der Waals surface area (Å²) in [6, 6.07) is 24.3. The fourth-order valence-electron chi connectivity index (χ4n) is 2.70. The van der Waals surface area contributed by atoms with Gasteiger partial charge in [-0.3, -0.25) is 15.1 Å². The third-order valence-electron chi connectivity index (χ3n) is 3.87. The smallest absolute Gasteiger partial charge is 0.239 e. The van der Waals surface area contributed by atoms with Crippen molar-refractivity contribution in [1.29, 1.82) is 0 Å². The monoisotopic (exact) mass is 317 g/mol. The van der Waals surface area contributed by atoms with E-state index < -0.39 is 11.9 Å². The van der Waals surface area contributed by atoms with Gasteiger partial charge in [-0.25, -0.2) is 0 Å². The van der Waals surface area contributed by atoms with Gasteiger partial charge in [0, 0.05) is 6.20 Å². The Hall–Kier alpha value is -2.98. The lowest BCUT2D eigenvalue weighted by atomic mass is 9.99. The number of amides is 1. The third kappa shape index (κ3) is 3.67. The van der Waals surface area contributed by atoms with Crippen LogP contribution in [0.3, 0.4) is 0 Å². The Labute approximate surface area is 141 Å². The van der Waals surface area contributed by atoms with Crippen molar-refractivity contribution in [2.24, 2.45) is 5.73 Å². The van der Waals surface area contributed by atoms with Crippen LogP contribution >= 0.6 is 0 Å². The standard InChI is InChI=1S/C20H19N3O/c21-20(24)19(16-11-5-2-6-12-16)23-18(15-9-3-1-4-10-15)17-13-7-8-14-22-17/h1-14,18-19,23H,(H2,21,24)/t18-,19-/m0/s1. The second-order valence-electron chi connectivity index (χ2n) is 5.51. The van der Waals surface area contributed by atoms with Crippen molar-refractivity contribution in [2.75, 3.05) is 0 Å². The molecule has 4 heteroatoms. The lowest BCUT2D eigenvalue weighted by Crippen LogP contribution is -2.36. The van der Waals surface area contributed by atoms with Gasteiger partial charge in [-0.2, -0.15) is 0 Å². The molecule has 3 rings (SSSR count). The molecule has 3 N–H and O–H groups in total. The molecule has 0 fully saturated rings. The van der Waals surface area contributed by atoms with E-state index in [1.54, 1.807) is 6.20 Å². The first-order valence-electron chi connectivity index (χ1n) is 7.82. The first-order chi connectivity index (χ1) is 11.8. The van der Waals surface area contributed by atoms with Gasteiger partial charge in [0.1, 0.15) is 6.04 Å². The van der Waals surface area contributed by atoms with E-state index in [4.69, 9.17) is 5.73 Å². The number of carbonyl (C=O) groups is 1. The Balaban J connectivity index is 1.98. The van der Waals surface area contributed by atoms with Gasteiger partial charge in [-0.1, -0.05) is 66.7 Å². The second-order valence-corrected chi connectivity index (χ2v) is 5.51. The number of nitrogens with zero attached hydrogens (tertiary/aromatic N) is 1. The number of benzene rings is 2. The van der Waals surface area contributed by atoms with Crippen LogP contribution in [0.4, 0.5) is 0 Å². The molecule has 0 aliphatic heterocycles. The SMILES string of the molecule is NC(=O)[C@@H](N[C@@H](c1ccccc1)c1ccccn1)c1ccccc1. The van der Waals surface area contributed by atoms with Gasteiger partial charge < -0.3 is 5.73 Å². The van der Waals surface area contributed by atoms with E-state index in [2.05, 4.69) is 10.3 Å². The van der Waals surface area contributed by atoms with Gasteiger partial charge in [0.05, 0.1) is 11.7 Å². The molecule has 2 aromatic carbocycles. The van der Waals surface area contributed by atoms with Crippen molar-refractivity contribution in [2.45, 2.75) is 12.1 Å². The van der Waals surface area contributed by atoms with Crippen LogP contribution < -0.4 is 11.1 Å². The minimum atomic E-state index is -0.599. The van der Waals surface area contributed by atoms with Crippen molar-refractivity contribution >= 4 is 5.91 Å². The average Bonchev–Trinajstić information content (AvgIpc) is 2.64. The lowest BCUT2D eigenvalue weighted by molar-refractivity contribution is -0.120. The van der Waals surface area contributed by atoms with Crippen LogP contribution in [-0.4, -0.2) is 10.9 Å². The Morgan fingerprint density at radius 1 is 0.833 bits per heavy atom. The number of hydrogen-bond acceptors (Lipinski definition) is 3. The highest BCUT2D eigenvalue weighted by Gasteiger charge is 2.24. The highest BCUT2D eigenvalue weighted by Crippen LogP contribution is 2.24. The number of pyridine rings is 1. The topological polar surface area (TPSA) is 68.0 Å². The minimum absolute atomic E-state index is 0.231. The molecular weight excluding hydrogens is 298 g/mol. The maximum atomic E-state index is 12.0. The Bertz CT molecular complexity index is 736. The highest BCUT2D eigenvalue weighted by atomic mass is 16.1. The molecule has 0 unspecified atom stereocenters. The second kappa shape index (κ2) is 7.53. The molecule has 3 aromatic rings. The first-order valence-corrected chi connectivity index (χ1v) is 7.82. The van der Waals surface area contributed by atoms with Crippen LogP contribution in [-0.2, 0) is 4.79 Å². The molecule has 1 heterocycles. The summed E-state index contributed by atoms with van der Waals surface area (Å²) >= 11 is 0. The quantitative estimate of drug-likeness (QED) is 0.734. The molecule has 0 aliphatic carbocycles. The number of primary amides is 1. The van der Waals surface area contributed by atoms with Crippen LogP contribution in [0.15, 0.2) is 85.1 Å². The van der Waals surface area contributed by atoms with Crippen molar-refractivity contribution in [3.05, 3.63) is 102 Å². The van der Waals surface area contributed by atoms with Gasteiger partial charge in [0.15, 0.2) is 0 Å². The number of carbonyl (C=O) groups excluding carboxylic acids is 1. The van der Waals surface area contributed by atoms with Crippen LogP contribution in [0, 0.1) is 0 Å². The number of aromatic nitrogens is 1. The number of rotatable bonds is 6. The first kappa shape index (κ1) is 15.9. The molecule has 120 valence electrons. The van der Waals surface area contributed by atoms with Crippen LogP contribution in [0.1, 0.15) is 28.9 Å². The summed E-state index contributed by atoms with van der Waals surface area (Å²) in [6.45, 7) is 0. The lowest BCUT2D eigenvalue weighted by Gasteiger charge is -2.24. The number of nitrogens with two attached hydrogens (primary N) is 1. The number of nitrogens with one attached hydrogen (secondary N) is 1. The summed E-state index contributed by atoms with van der Waals surface area (Å²) in [5.41, 5.74) is 8.35.